The van der Waals surface area contributed by atoms with Gasteiger partial charge in [-0.15, -0.1) is 0 Å². The Morgan fingerprint density at radius 3 is 2.50 bits per heavy atom. The van der Waals surface area contributed by atoms with Gasteiger partial charge in [0.05, 0.1) is 11.7 Å². The lowest BCUT2D eigenvalue weighted by molar-refractivity contribution is 0.552. The minimum Gasteiger partial charge on any atom is -0.311 e. The summed E-state index contributed by atoms with van der Waals surface area (Å²) in [4.78, 5) is 4.41. The molecule has 1 aromatic heterocycles. The Bertz CT molecular complexity index is 564. The quantitative estimate of drug-likeness (QED) is 0.905. The molecule has 20 heavy (non-hydrogen) atoms. The van der Waals surface area contributed by atoms with E-state index in [-0.39, 0.29) is 6.04 Å². The van der Waals surface area contributed by atoms with Gasteiger partial charge in [-0.2, -0.15) is 0 Å². The van der Waals surface area contributed by atoms with Gasteiger partial charge >= 0.3 is 0 Å². The van der Waals surface area contributed by atoms with E-state index in [1.807, 2.05) is 19.2 Å². The second-order valence-corrected chi connectivity index (χ2v) is 4.72. The molecule has 2 aromatic rings. The number of halogens is 2. The van der Waals surface area contributed by atoms with Crippen molar-refractivity contribution in [2.45, 2.75) is 25.8 Å². The molecule has 1 heterocycles. The molecule has 2 nitrogen and oxygen atoms in total. The molecule has 0 radical (unpaired) electrons. The molecule has 1 N–H and O–H groups in total. The predicted octanol–water partition coefficient (Wildman–Crippen LogP) is 3.43. The molecule has 0 saturated carbocycles. The van der Waals surface area contributed by atoms with Crippen LogP contribution in [-0.4, -0.2) is 12.0 Å². The molecule has 0 spiro atoms. The van der Waals surface area contributed by atoms with Crippen LogP contribution in [0.3, 0.4) is 0 Å². The highest BCUT2D eigenvalue weighted by molar-refractivity contribution is 5.26. The van der Waals surface area contributed by atoms with Crippen LogP contribution in [0.1, 0.15) is 29.8 Å². The molecule has 0 saturated heterocycles. The van der Waals surface area contributed by atoms with Crippen molar-refractivity contribution < 1.29 is 8.78 Å². The molecule has 0 amide bonds. The van der Waals surface area contributed by atoms with E-state index in [2.05, 4.69) is 17.2 Å². The minimum absolute atomic E-state index is 0.0626. The molecular weight excluding hydrogens is 258 g/mol. The summed E-state index contributed by atoms with van der Waals surface area (Å²) in [7, 11) is 1.83. The van der Waals surface area contributed by atoms with Crippen LogP contribution in [0.25, 0.3) is 0 Å². The van der Waals surface area contributed by atoms with E-state index in [1.54, 1.807) is 6.20 Å². The van der Waals surface area contributed by atoms with Crippen LogP contribution in [0, 0.1) is 11.6 Å². The van der Waals surface area contributed by atoms with E-state index < -0.39 is 11.6 Å². The lowest BCUT2D eigenvalue weighted by Crippen LogP contribution is -2.21. The van der Waals surface area contributed by atoms with Crippen LogP contribution in [-0.2, 0) is 12.8 Å². The summed E-state index contributed by atoms with van der Waals surface area (Å²) in [6.07, 6.45) is 3.11. The fourth-order valence-corrected chi connectivity index (χ4v) is 2.36. The zero-order chi connectivity index (χ0) is 14.5. The first-order valence-corrected chi connectivity index (χ1v) is 6.70. The van der Waals surface area contributed by atoms with Gasteiger partial charge in [-0.25, -0.2) is 8.78 Å². The third kappa shape index (κ3) is 3.39. The number of likely N-dealkylation sites (N-methyl/N-ethyl adjacent to an activating group) is 1. The summed E-state index contributed by atoms with van der Waals surface area (Å²) in [6.45, 7) is 2.06. The Morgan fingerprint density at radius 1 is 1.20 bits per heavy atom. The van der Waals surface area contributed by atoms with Gasteiger partial charge in [0.25, 0.3) is 0 Å². The first-order chi connectivity index (χ1) is 9.63. The van der Waals surface area contributed by atoms with Crippen molar-refractivity contribution in [3.8, 4) is 0 Å². The molecule has 0 aliphatic heterocycles. The van der Waals surface area contributed by atoms with E-state index in [9.17, 15) is 8.78 Å². The normalized spacial score (nSPS) is 12.4. The van der Waals surface area contributed by atoms with Gasteiger partial charge in [0.1, 0.15) is 11.6 Å². The van der Waals surface area contributed by atoms with E-state index in [0.29, 0.717) is 12.0 Å². The summed E-state index contributed by atoms with van der Waals surface area (Å²) in [5.41, 5.74) is 2.69. The molecular formula is C16H18F2N2. The first-order valence-electron chi connectivity index (χ1n) is 6.70. The first kappa shape index (κ1) is 14.6. The molecule has 4 heteroatoms. The SMILES string of the molecule is CCc1cccnc1C(Cc1cc(F)cc(F)c1)NC. The van der Waals surface area contributed by atoms with Crippen molar-refractivity contribution in [2.24, 2.45) is 0 Å². The van der Waals surface area contributed by atoms with E-state index in [0.717, 1.165) is 23.7 Å². The molecule has 1 aromatic carbocycles. The van der Waals surface area contributed by atoms with Crippen molar-refractivity contribution in [3.05, 3.63) is 65.0 Å². The second kappa shape index (κ2) is 6.57. The number of benzene rings is 1. The number of rotatable bonds is 5. The second-order valence-electron chi connectivity index (χ2n) is 4.72. The molecule has 0 bridgehead atoms. The molecule has 2 rings (SSSR count). The Morgan fingerprint density at radius 2 is 1.90 bits per heavy atom. The zero-order valence-corrected chi connectivity index (χ0v) is 11.7. The number of aromatic nitrogens is 1. The smallest absolute Gasteiger partial charge is 0.126 e. The van der Waals surface area contributed by atoms with Gasteiger partial charge in [-0.1, -0.05) is 13.0 Å². The molecule has 0 aliphatic carbocycles. The van der Waals surface area contributed by atoms with Crippen molar-refractivity contribution in [2.75, 3.05) is 7.05 Å². The zero-order valence-electron chi connectivity index (χ0n) is 11.7. The molecule has 0 aliphatic rings. The molecule has 1 unspecified atom stereocenters. The number of nitrogens with one attached hydrogen (secondary N) is 1. The maximum atomic E-state index is 13.3. The summed E-state index contributed by atoms with van der Waals surface area (Å²) in [5.74, 6) is -1.10. The number of hydrogen-bond donors (Lipinski definition) is 1. The average molecular weight is 276 g/mol. The Labute approximate surface area is 117 Å². The van der Waals surface area contributed by atoms with Crippen LogP contribution in [0.2, 0.25) is 0 Å². The Kier molecular flexibility index (Phi) is 4.79. The van der Waals surface area contributed by atoms with Crippen molar-refractivity contribution in [1.82, 2.24) is 10.3 Å². The maximum Gasteiger partial charge on any atom is 0.126 e. The van der Waals surface area contributed by atoms with Crippen molar-refractivity contribution in [3.63, 3.8) is 0 Å². The highest BCUT2D eigenvalue weighted by atomic mass is 19.1. The van der Waals surface area contributed by atoms with E-state index >= 15 is 0 Å². The number of pyridine rings is 1. The van der Waals surface area contributed by atoms with Crippen LogP contribution >= 0.6 is 0 Å². The average Bonchev–Trinajstić information content (AvgIpc) is 2.43. The molecule has 106 valence electrons. The number of hydrogen-bond acceptors (Lipinski definition) is 2. The van der Waals surface area contributed by atoms with Crippen molar-refractivity contribution >= 4 is 0 Å². The van der Waals surface area contributed by atoms with Crippen LogP contribution < -0.4 is 5.32 Å². The maximum absolute atomic E-state index is 13.3. The third-order valence-electron chi connectivity index (χ3n) is 3.35. The van der Waals surface area contributed by atoms with E-state index in [1.165, 1.54) is 12.1 Å². The van der Waals surface area contributed by atoms with Gasteiger partial charge in [0.15, 0.2) is 0 Å². The topological polar surface area (TPSA) is 24.9 Å². The van der Waals surface area contributed by atoms with Crippen LogP contribution in [0.4, 0.5) is 8.78 Å². The van der Waals surface area contributed by atoms with Gasteiger partial charge in [-0.3, -0.25) is 4.98 Å². The minimum atomic E-state index is -0.549. The molecule has 1 atom stereocenters. The highest BCUT2D eigenvalue weighted by Gasteiger charge is 2.15. The van der Waals surface area contributed by atoms with Gasteiger partial charge in [-0.05, 0) is 49.2 Å². The van der Waals surface area contributed by atoms with E-state index in [4.69, 9.17) is 0 Å². The van der Waals surface area contributed by atoms with Crippen LogP contribution in [0.15, 0.2) is 36.5 Å². The largest absolute Gasteiger partial charge is 0.311 e. The summed E-state index contributed by atoms with van der Waals surface area (Å²) < 4.78 is 26.5. The van der Waals surface area contributed by atoms with Gasteiger partial charge < -0.3 is 5.32 Å². The van der Waals surface area contributed by atoms with Gasteiger partial charge in [0.2, 0.25) is 0 Å². The van der Waals surface area contributed by atoms with Gasteiger partial charge in [0, 0.05) is 12.3 Å². The summed E-state index contributed by atoms with van der Waals surface area (Å²) >= 11 is 0. The number of aryl methyl sites for hydroxylation is 1. The lowest BCUT2D eigenvalue weighted by Gasteiger charge is -2.18. The standard InChI is InChI=1S/C16H18F2N2/c1-3-12-5-4-6-20-16(12)15(19-2)9-11-7-13(17)10-14(18)8-11/h4-8,10,15,19H,3,9H2,1-2H3. The molecule has 0 fully saturated rings. The Balaban J connectivity index is 2.28. The van der Waals surface area contributed by atoms with Crippen LogP contribution in [0.5, 0.6) is 0 Å². The monoisotopic (exact) mass is 276 g/mol. The third-order valence-corrected chi connectivity index (χ3v) is 3.35. The predicted molar refractivity (Wildman–Crippen MR) is 75.5 cm³/mol. The van der Waals surface area contributed by atoms with Crippen molar-refractivity contribution in [1.29, 1.82) is 0 Å². The summed E-state index contributed by atoms with van der Waals surface area (Å²) in [5, 5.41) is 3.17. The lowest BCUT2D eigenvalue weighted by atomic mass is 9.98. The fourth-order valence-electron chi connectivity index (χ4n) is 2.36. The Hall–Kier alpha value is -1.81. The fraction of sp³-hybridized carbons (Fsp3) is 0.312. The highest BCUT2D eigenvalue weighted by Crippen LogP contribution is 2.21. The summed E-state index contributed by atoms with van der Waals surface area (Å²) in [6, 6.07) is 7.47. The number of nitrogens with zero attached hydrogens (tertiary/aromatic N) is 1.